The van der Waals surface area contributed by atoms with E-state index in [-0.39, 0.29) is 5.56 Å². The van der Waals surface area contributed by atoms with Crippen LogP contribution in [0.1, 0.15) is 21.9 Å². The van der Waals surface area contributed by atoms with Crippen LogP contribution in [0.4, 0.5) is 0 Å². The zero-order chi connectivity index (χ0) is 12.1. The van der Waals surface area contributed by atoms with Gasteiger partial charge in [-0.1, -0.05) is 5.16 Å². The van der Waals surface area contributed by atoms with Crippen LogP contribution in [0.2, 0.25) is 0 Å². The zero-order valence-corrected chi connectivity index (χ0v) is 8.70. The number of rotatable bonds is 5. The highest BCUT2D eigenvalue weighted by Crippen LogP contribution is 2.03. The minimum Gasteiger partial charge on any atom is -0.478 e. The van der Waals surface area contributed by atoms with Crippen LogP contribution in [0.3, 0.4) is 0 Å². The number of nitrogens with zero attached hydrogens (tertiary/aromatic N) is 4. The van der Waals surface area contributed by atoms with Gasteiger partial charge in [-0.15, -0.1) is 0 Å². The SMILES string of the molecule is O=C(O)c1cncnc1CNCc1ncon1. The molecule has 2 rings (SSSR count). The van der Waals surface area contributed by atoms with Gasteiger partial charge in [-0.05, 0) is 0 Å². The molecule has 0 saturated heterocycles. The van der Waals surface area contributed by atoms with E-state index in [1.165, 1.54) is 18.9 Å². The molecule has 0 bridgehead atoms. The lowest BCUT2D eigenvalue weighted by atomic mass is 10.2. The third kappa shape index (κ3) is 2.82. The summed E-state index contributed by atoms with van der Waals surface area (Å²) in [5, 5.41) is 15.5. The van der Waals surface area contributed by atoms with Crippen molar-refractivity contribution in [1.82, 2.24) is 25.4 Å². The van der Waals surface area contributed by atoms with Gasteiger partial charge in [-0.3, -0.25) is 0 Å². The minimum atomic E-state index is -1.05. The van der Waals surface area contributed by atoms with Crippen molar-refractivity contribution >= 4 is 5.97 Å². The van der Waals surface area contributed by atoms with Crippen LogP contribution in [0.25, 0.3) is 0 Å². The Morgan fingerprint density at radius 3 is 3.00 bits per heavy atom. The van der Waals surface area contributed by atoms with Gasteiger partial charge in [0.25, 0.3) is 0 Å². The highest BCUT2D eigenvalue weighted by molar-refractivity contribution is 5.88. The van der Waals surface area contributed by atoms with Gasteiger partial charge in [-0.25, -0.2) is 14.8 Å². The van der Waals surface area contributed by atoms with Gasteiger partial charge >= 0.3 is 5.97 Å². The molecule has 0 aliphatic rings. The van der Waals surface area contributed by atoms with Crippen LogP contribution in [-0.4, -0.2) is 31.2 Å². The lowest BCUT2D eigenvalue weighted by Gasteiger charge is -2.04. The average molecular weight is 235 g/mol. The first kappa shape index (κ1) is 11.1. The Kier molecular flexibility index (Phi) is 3.36. The summed E-state index contributed by atoms with van der Waals surface area (Å²) in [6.45, 7) is 0.665. The van der Waals surface area contributed by atoms with Crippen molar-refractivity contribution in [3.8, 4) is 0 Å². The Balaban J connectivity index is 1.97. The molecule has 0 radical (unpaired) electrons. The van der Waals surface area contributed by atoms with Crippen molar-refractivity contribution in [2.24, 2.45) is 0 Å². The molecule has 0 saturated carbocycles. The molecule has 2 aromatic heterocycles. The number of carbonyl (C=O) groups is 1. The van der Waals surface area contributed by atoms with E-state index < -0.39 is 5.97 Å². The summed E-state index contributed by atoms with van der Waals surface area (Å²) < 4.78 is 4.56. The smallest absolute Gasteiger partial charge is 0.339 e. The molecular weight excluding hydrogens is 226 g/mol. The number of carboxylic acids is 1. The van der Waals surface area contributed by atoms with E-state index in [0.717, 1.165) is 0 Å². The second-order valence-corrected chi connectivity index (χ2v) is 3.14. The minimum absolute atomic E-state index is 0.0770. The predicted octanol–water partition coefficient (Wildman–Crippen LogP) is -0.152. The molecule has 17 heavy (non-hydrogen) atoms. The van der Waals surface area contributed by atoms with Crippen molar-refractivity contribution < 1.29 is 14.4 Å². The molecule has 8 heteroatoms. The van der Waals surface area contributed by atoms with Crippen molar-refractivity contribution in [3.63, 3.8) is 0 Å². The Labute approximate surface area is 95.7 Å². The molecule has 0 spiro atoms. The Bertz CT molecular complexity index is 499. The summed E-state index contributed by atoms with van der Waals surface area (Å²) in [7, 11) is 0. The van der Waals surface area contributed by atoms with Crippen LogP contribution in [0, 0.1) is 0 Å². The lowest BCUT2D eigenvalue weighted by Crippen LogP contribution is -2.17. The number of hydrogen-bond donors (Lipinski definition) is 2. The fourth-order valence-corrected chi connectivity index (χ4v) is 1.24. The Hall–Kier alpha value is -2.35. The number of aromatic nitrogens is 4. The largest absolute Gasteiger partial charge is 0.478 e. The lowest BCUT2D eigenvalue weighted by molar-refractivity contribution is 0.0694. The predicted molar refractivity (Wildman–Crippen MR) is 53.8 cm³/mol. The van der Waals surface area contributed by atoms with Gasteiger partial charge in [0.1, 0.15) is 11.9 Å². The third-order valence-corrected chi connectivity index (χ3v) is 2.01. The highest BCUT2D eigenvalue weighted by Gasteiger charge is 2.10. The van der Waals surface area contributed by atoms with Gasteiger partial charge in [0.15, 0.2) is 5.82 Å². The molecule has 0 aliphatic carbocycles. The maximum absolute atomic E-state index is 10.9. The van der Waals surface area contributed by atoms with E-state index in [1.54, 1.807) is 0 Å². The summed E-state index contributed by atoms with van der Waals surface area (Å²) in [6.07, 6.45) is 3.79. The second-order valence-electron chi connectivity index (χ2n) is 3.14. The molecule has 2 N–H and O–H groups in total. The first-order chi connectivity index (χ1) is 8.27. The van der Waals surface area contributed by atoms with Crippen LogP contribution >= 0.6 is 0 Å². The van der Waals surface area contributed by atoms with E-state index in [9.17, 15) is 4.79 Å². The van der Waals surface area contributed by atoms with Crippen molar-refractivity contribution in [1.29, 1.82) is 0 Å². The van der Waals surface area contributed by atoms with Gasteiger partial charge < -0.3 is 14.9 Å². The van der Waals surface area contributed by atoms with Gasteiger partial charge in [0, 0.05) is 12.7 Å². The second kappa shape index (κ2) is 5.12. The van der Waals surface area contributed by atoms with Crippen LogP contribution < -0.4 is 5.32 Å². The molecule has 0 unspecified atom stereocenters. The first-order valence-electron chi connectivity index (χ1n) is 4.75. The maximum atomic E-state index is 10.9. The summed E-state index contributed by atoms with van der Waals surface area (Å²) in [4.78, 5) is 22.2. The summed E-state index contributed by atoms with van der Waals surface area (Å²) in [6, 6.07) is 0. The van der Waals surface area contributed by atoms with E-state index in [1.807, 2.05) is 0 Å². The van der Waals surface area contributed by atoms with Crippen LogP contribution in [0.5, 0.6) is 0 Å². The number of nitrogens with one attached hydrogen (secondary N) is 1. The number of aromatic carboxylic acids is 1. The monoisotopic (exact) mass is 235 g/mol. The third-order valence-electron chi connectivity index (χ3n) is 2.01. The fourth-order valence-electron chi connectivity index (χ4n) is 1.24. The highest BCUT2D eigenvalue weighted by atomic mass is 16.5. The molecule has 0 amide bonds. The zero-order valence-electron chi connectivity index (χ0n) is 8.70. The van der Waals surface area contributed by atoms with Gasteiger partial charge in [0.2, 0.25) is 6.39 Å². The molecular formula is C9H9N5O3. The van der Waals surface area contributed by atoms with Crippen LogP contribution in [-0.2, 0) is 13.1 Å². The van der Waals surface area contributed by atoms with Crippen molar-refractivity contribution in [2.75, 3.05) is 0 Å². The van der Waals surface area contributed by atoms with Crippen LogP contribution in [0.15, 0.2) is 23.4 Å². The van der Waals surface area contributed by atoms with E-state index >= 15 is 0 Å². The molecule has 2 heterocycles. The molecule has 2 aromatic rings. The molecule has 0 aromatic carbocycles. The number of hydrogen-bond acceptors (Lipinski definition) is 7. The van der Waals surface area contributed by atoms with E-state index in [2.05, 4.69) is 29.9 Å². The molecule has 0 fully saturated rings. The Morgan fingerprint density at radius 2 is 2.29 bits per heavy atom. The summed E-state index contributed by atoms with van der Waals surface area (Å²) in [5.41, 5.74) is 0.490. The van der Waals surface area contributed by atoms with E-state index in [0.29, 0.717) is 24.6 Å². The van der Waals surface area contributed by atoms with Crippen molar-refractivity contribution in [2.45, 2.75) is 13.1 Å². The quantitative estimate of drug-likeness (QED) is 0.735. The summed E-state index contributed by atoms with van der Waals surface area (Å²) in [5.74, 6) is -0.558. The summed E-state index contributed by atoms with van der Waals surface area (Å²) >= 11 is 0. The Morgan fingerprint density at radius 1 is 1.41 bits per heavy atom. The standard InChI is InChI=1S/C9H9N5O3/c15-9(16)6-1-11-4-12-7(6)2-10-3-8-13-5-17-14-8/h1,4-5,10H,2-3H2,(H,15,16). The van der Waals surface area contributed by atoms with E-state index in [4.69, 9.17) is 5.11 Å². The van der Waals surface area contributed by atoms with Crippen molar-refractivity contribution in [3.05, 3.63) is 36.0 Å². The van der Waals surface area contributed by atoms with Gasteiger partial charge in [-0.2, -0.15) is 4.98 Å². The fraction of sp³-hybridized carbons (Fsp3) is 0.222. The topological polar surface area (TPSA) is 114 Å². The maximum Gasteiger partial charge on any atom is 0.339 e. The van der Waals surface area contributed by atoms with Gasteiger partial charge in [0.05, 0.1) is 12.2 Å². The molecule has 0 aliphatic heterocycles. The molecule has 8 nitrogen and oxygen atoms in total. The first-order valence-corrected chi connectivity index (χ1v) is 4.75. The molecule has 88 valence electrons. The normalized spacial score (nSPS) is 10.4. The molecule has 0 atom stereocenters. The average Bonchev–Trinajstić information content (AvgIpc) is 2.82. The number of carboxylic acid groups (broad SMARTS) is 1.